The summed E-state index contributed by atoms with van der Waals surface area (Å²) in [5, 5.41) is 2.18. The molecule has 102 valence electrons. The van der Waals surface area contributed by atoms with Crippen LogP contribution in [0.1, 0.15) is 12.5 Å². The molecule has 1 N–H and O–H groups in total. The molecule has 1 heterocycles. The van der Waals surface area contributed by atoms with Crippen LogP contribution in [0.15, 0.2) is 30.3 Å². The summed E-state index contributed by atoms with van der Waals surface area (Å²) in [4.78, 5) is 14.6. The lowest BCUT2D eigenvalue weighted by molar-refractivity contribution is -0.132. The molecule has 0 aliphatic carbocycles. The third kappa shape index (κ3) is 1.81. The standard InChI is InChI=1S/C16H15NO3/c1-9-8-12-11-6-4-5-7-13(11)17-14(12)16(19-3)15(9)20-10(2)18/h4-8,17H,1-3H3. The number of H-pyrrole nitrogens is 1. The van der Waals surface area contributed by atoms with Gasteiger partial charge in [0.15, 0.2) is 11.5 Å². The zero-order chi connectivity index (χ0) is 14.3. The van der Waals surface area contributed by atoms with Gasteiger partial charge in [0.2, 0.25) is 0 Å². The lowest BCUT2D eigenvalue weighted by Gasteiger charge is -2.12. The van der Waals surface area contributed by atoms with Crippen LogP contribution in [0.5, 0.6) is 11.5 Å². The first-order chi connectivity index (χ1) is 9.61. The van der Waals surface area contributed by atoms with E-state index in [0.29, 0.717) is 11.5 Å². The fraction of sp³-hybridized carbons (Fsp3) is 0.188. The van der Waals surface area contributed by atoms with Crippen molar-refractivity contribution < 1.29 is 14.3 Å². The van der Waals surface area contributed by atoms with Gasteiger partial charge in [-0.3, -0.25) is 4.79 Å². The second-order valence-electron chi connectivity index (χ2n) is 4.74. The molecular weight excluding hydrogens is 254 g/mol. The topological polar surface area (TPSA) is 51.3 Å². The lowest BCUT2D eigenvalue weighted by atomic mass is 10.1. The van der Waals surface area contributed by atoms with Gasteiger partial charge in [-0.05, 0) is 24.6 Å². The Labute approximate surface area is 116 Å². The van der Waals surface area contributed by atoms with Crippen LogP contribution in [0.2, 0.25) is 0 Å². The van der Waals surface area contributed by atoms with E-state index in [0.717, 1.165) is 27.4 Å². The Kier molecular flexibility index (Phi) is 2.86. The maximum atomic E-state index is 11.3. The van der Waals surface area contributed by atoms with Gasteiger partial charge in [-0.2, -0.15) is 0 Å². The molecule has 4 heteroatoms. The van der Waals surface area contributed by atoms with Crippen molar-refractivity contribution in [2.24, 2.45) is 0 Å². The molecule has 0 saturated heterocycles. The van der Waals surface area contributed by atoms with Crippen LogP contribution >= 0.6 is 0 Å². The number of rotatable bonds is 2. The predicted molar refractivity (Wildman–Crippen MR) is 78.4 cm³/mol. The minimum atomic E-state index is -0.359. The maximum absolute atomic E-state index is 11.3. The molecule has 3 aromatic rings. The predicted octanol–water partition coefficient (Wildman–Crippen LogP) is 3.56. The van der Waals surface area contributed by atoms with E-state index < -0.39 is 0 Å². The molecule has 0 radical (unpaired) electrons. The summed E-state index contributed by atoms with van der Waals surface area (Å²) < 4.78 is 10.7. The monoisotopic (exact) mass is 269 g/mol. The molecule has 0 aliphatic heterocycles. The number of nitrogens with one attached hydrogen (secondary N) is 1. The molecule has 4 nitrogen and oxygen atoms in total. The number of carbonyl (C=O) groups excluding carboxylic acids is 1. The number of hydrogen-bond donors (Lipinski definition) is 1. The van der Waals surface area contributed by atoms with Crippen LogP contribution in [-0.4, -0.2) is 18.1 Å². The Morgan fingerprint density at radius 1 is 1.15 bits per heavy atom. The van der Waals surface area contributed by atoms with Crippen LogP contribution < -0.4 is 9.47 Å². The summed E-state index contributed by atoms with van der Waals surface area (Å²) in [5.74, 6) is 0.673. The number of aryl methyl sites for hydroxylation is 1. The van der Waals surface area contributed by atoms with E-state index in [2.05, 4.69) is 11.1 Å². The van der Waals surface area contributed by atoms with Gasteiger partial charge < -0.3 is 14.5 Å². The Bertz CT molecular complexity index is 817. The van der Waals surface area contributed by atoms with Gasteiger partial charge >= 0.3 is 5.97 Å². The van der Waals surface area contributed by atoms with Crippen molar-refractivity contribution in [1.29, 1.82) is 0 Å². The fourth-order valence-electron chi connectivity index (χ4n) is 2.53. The molecule has 20 heavy (non-hydrogen) atoms. The second-order valence-corrected chi connectivity index (χ2v) is 4.74. The summed E-state index contributed by atoms with van der Waals surface area (Å²) in [6, 6.07) is 10.0. The molecule has 0 atom stereocenters. The largest absolute Gasteiger partial charge is 0.491 e. The van der Waals surface area contributed by atoms with E-state index in [4.69, 9.17) is 9.47 Å². The van der Waals surface area contributed by atoms with Crippen LogP contribution in [0.4, 0.5) is 0 Å². The number of para-hydroxylation sites is 1. The third-order valence-electron chi connectivity index (χ3n) is 3.35. The molecule has 0 bridgehead atoms. The number of aromatic amines is 1. The number of methoxy groups -OCH3 is 1. The summed E-state index contributed by atoms with van der Waals surface area (Å²) in [6.07, 6.45) is 0. The zero-order valence-electron chi connectivity index (χ0n) is 11.6. The minimum Gasteiger partial charge on any atom is -0.491 e. The zero-order valence-corrected chi connectivity index (χ0v) is 11.6. The molecular formula is C16H15NO3. The average Bonchev–Trinajstić information content (AvgIpc) is 2.77. The van der Waals surface area contributed by atoms with Crippen molar-refractivity contribution in [3.63, 3.8) is 0 Å². The van der Waals surface area contributed by atoms with Gasteiger partial charge in [-0.25, -0.2) is 0 Å². The van der Waals surface area contributed by atoms with Gasteiger partial charge in [0.25, 0.3) is 0 Å². The van der Waals surface area contributed by atoms with Crippen molar-refractivity contribution in [1.82, 2.24) is 4.98 Å². The first-order valence-corrected chi connectivity index (χ1v) is 6.38. The normalized spacial score (nSPS) is 10.9. The third-order valence-corrected chi connectivity index (χ3v) is 3.35. The molecule has 0 saturated carbocycles. The number of carbonyl (C=O) groups is 1. The fourth-order valence-corrected chi connectivity index (χ4v) is 2.53. The van der Waals surface area contributed by atoms with Crippen molar-refractivity contribution >= 4 is 27.8 Å². The summed E-state index contributed by atoms with van der Waals surface area (Å²) in [7, 11) is 1.58. The molecule has 1 aromatic heterocycles. The van der Waals surface area contributed by atoms with Gasteiger partial charge in [-0.15, -0.1) is 0 Å². The van der Waals surface area contributed by atoms with E-state index in [1.54, 1.807) is 7.11 Å². The van der Waals surface area contributed by atoms with Crippen LogP contribution in [0.3, 0.4) is 0 Å². The molecule has 3 rings (SSSR count). The van der Waals surface area contributed by atoms with E-state index in [-0.39, 0.29) is 5.97 Å². The van der Waals surface area contributed by atoms with Crippen LogP contribution in [0, 0.1) is 6.92 Å². The number of hydrogen-bond acceptors (Lipinski definition) is 3. The van der Waals surface area contributed by atoms with E-state index in [9.17, 15) is 4.79 Å². The highest BCUT2D eigenvalue weighted by molar-refractivity contribution is 6.10. The van der Waals surface area contributed by atoms with E-state index >= 15 is 0 Å². The van der Waals surface area contributed by atoms with Crippen LogP contribution in [-0.2, 0) is 4.79 Å². The number of fused-ring (bicyclic) bond motifs is 3. The van der Waals surface area contributed by atoms with Crippen molar-refractivity contribution in [2.75, 3.05) is 7.11 Å². The smallest absolute Gasteiger partial charge is 0.308 e. The van der Waals surface area contributed by atoms with Crippen molar-refractivity contribution in [3.05, 3.63) is 35.9 Å². The molecule has 2 aromatic carbocycles. The SMILES string of the molecule is COc1c(OC(C)=O)c(C)cc2c1[nH]c1ccccc12. The van der Waals surface area contributed by atoms with Gasteiger partial charge in [0.05, 0.1) is 12.6 Å². The van der Waals surface area contributed by atoms with Gasteiger partial charge in [0.1, 0.15) is 0 Å². The first-order valence-electron chi connectivity index (χ1n) is 6.38. The Morgan fingerprint density at radius 3 is 2.60 bits per heavy atom. The van der Waals surface area contributed by atoms with Crippen molar-refractivity contribution in [3.8, 4) is 11.5 Å². The average molecular weight is 269 g/mol. The summed E-state index contributed by atoms with van der Waals surface area (Å²) in [6.45, 7) is 3.29. The van der Waals surface area contributed by atoms with Gasteiger partial charge in [-0.1, -0.05) is 18.2 Å². The van der Waals surface area contributed by atoms with E-state index in [1.807, 2.05) is 31.2 Å². The molecule has 0 amide bonds. The number of ether oxygens (including phenoxy) is 2. The molecule has 0 fully saturated rings. The Balaban J connectivity index is 2.40. The summed E-state index contributed by atoms with van der Waals surface area (Å²) in [5.41, 5.74) is 2.74. The van der Waals surface area contributed by atoms with Crippen LogP contribution in [0.25, 0.3) is 21.8 Å². The second kappa shape index (κ2) is 4.56. The number of benzene rings is 2. The highest BCUT2D eigenvalue weighted by Gasteiger charge is 2.18. The molecule has 0 aliphatic rings. The highest BCUT2D eigenvalue weighted by Crippen LogP contribution is 2.41. The summed E-state index contributed by atoms with van der Waals surface area (Å²) >= 11 is 0. The number of esters is 1. The van der Waals surface area contributed by atoms with E-state index in [1.165, 1.54) is 6.92 Å². The maximum Gasteiger partial charge on any atom is 0.308 e. The van der Waals surface area contributed by atoms with Crippen molar-refractivity contribution in [2.45, 2.75) is 13.8 Å². The minimum absolute atomic E-state index is 0.359. The quantitative estimate of drug-likeness (QED) is 0.571. The molecule has 0 spiro atoms. The lowest BCUT2D eigenvalue weighted by Crippen LogP contribution is -2.04. The molecule has 0 unspecified atom stereocenters. The Hall–Kier alpha value is -2.49. The van der Waals surface area contributed by atoms with Gasteiger partial charge in [0, 0.05) is 23.2 Å². The first kappa shape index (κ1) is 12.5. The Morgan fingerprint density at radius 2 is 1.90 bits per heavy atom. The number of aromatic nitrogens is 1. The highest BCUT2D eigenvalue weighted by atomic mass is 16.6.